The average molecular weight is 417 g/mol. The number of hydrogen-bond donors (Lipinski definition) is 1. The number of nitrogens with zero attached hydrogens (tertiary/aromatic N) is 1. The maximum atomic E-state index is 12.1. The summed E-state index contributed by atoms with van der Waals surface area (Å²) in [7, 11) is 0. The number of ether oxygens (including phenoxy) is 1. The largest absolute Gasteiger partial charge is 0.482 e. The number of aromatic nitrogens is 1. The molecule has 1 N–H and O–H groups in total. The monoisotopic (exact) mass is 416 g/mol. The van der Waals surface area contributed by atoms with Crippen LogP contribution in [-0.4, -0.2) is 17.5 Å². The molecule has 0 spiro atoms. The fourth-order valence-electron chi connectivity index (χ4n) is 2.45. The molecule has 0 aliphatic rings. The van der Waals surface area contributed by atoms with Crippen LogP contribution in [0.2, 0.25) is 0 Å². The fraction of sp³-hybridized carbons (Fsp3) is 0.158. The van der Waals surface area contributed by atoms with E-state index >= 15 is 0 Å². The first kappa shape index (κ1) is 17.6. The summed E-state index contributed by atoms with van der Waals surface area (Å²) in [5.41, 5.74) is 3.99. The number of thiazole rings is 1. The molecule has 2 aromatic carbocycles. The van der Waals surface area contributed by atoms with Crippen molar-refractivity contribution in [1.29, 1.82) is 0 Å². The first-order valence-corrected chi connectivity index (χ1v) is 9.40. The summed E-state index contributed by atoms with van der Waals surface area (Å²) in [5.74, 6) is 0.450. The first-order chi connectivity index (χ1) is 12.0. The van der Waals surface area contributed by atoms with Gasteiger partial charge in [-0.3, -0.25) is 10.1 Å². The highest BCUT2D eigenvalue weighted by atomic mass is 79.9. The van der Waals surface area contributed by atoms with Gasteiger partial charge in [0.05, 0.1) is 10.2 Å². The van der Waals surface area contributed by atoms with E-state index in [0.717, 1.165) is 26.9 Å². The molecule has 0 radical (unpaired) electrons. The lowest BCUT2D eigenvalue weighted by Crippen LogP contribution is -2.20. The van der Waals surface area contributed by atoms with Gasteiger partial charge in [-0.2, -0.15) is 0 Å². The molecule has 6 heteroatoms. The molecule has 3 rings (SSSR count). The Kier molecular flexibility index (Phi) is 5.50. The minimum absolute atomic E-state index is 0.0667. The summed E-state index contributed by atoms with van der Waals surface area (Å²) in [4.78, 5) is 16.6. The number of amides is 1. The quantitative estimate of drug-likeness (QED) is 0.620. The van der Waals surface area contributed by atoms with Gasteiger partial charge in [0, 0.05) is 10.9 Å². The third kappa shape index (κ3) is 4.46. The van der Waals surface area contributed by atoms with Crippen LogP contribution >= 0.6 is 27.3 Å². The van der Waals surface area contributed by atoms with Gasteiger partial charge in [-0.25, -0.2) is 4.98 Å². The third-order valence-electron chi connectivity index (χ3n) is 3.54. The molecule has 1 heterocycles. The zero-order chi connectivity index (χ0) is 17.8. The average Bonchev–Trinajstić information content (AvgIpc) is 3.03. The van der Waals surface area contributed by atoms with Crippen LogP contribution in [0.1, 0.15) is 11.1 Å². The molecule has 128 valence electrons. The van der Waals surface area contributed by atoms with E-state index in [1.165, 1.54) is 11.3 Å². The van der Waals surface area contributed by atoms with Crippen LogP contribution in [0.4, 0.5) is 5.13 Å². The van der Waals surface area contributed by atoms with Gasteiger partial charge in [-0.1, -0.05) is 36.4 Å². The zero-order valence-electron chi connectivity index (χ0n) is 13.9. The molecule has 1 amide bonds. The van der Waals surface area contributed by atoms with Gasteiger partial charge in [0.1, 0.15) is 5.75 Å². The van der Waals surface area contributed by atoms with Crippen LogP contribution in [0.3, 0.4) is 0 Å². The molecule has 0 atom stereocenters. The first-order valence-electron chi connectivity index (χ1n) is 7.73. The number of carbonyl (C=O) groups excluding carboxylic acids is 1. The van der Waals surface area contributed by atoms with E-state index in [1.54, 1.807) is 0 Å². The van der Waals surface area contributed by atoms with Crippen molar-refractivity contribution in [3.05, 3.63) is 63.4 Å². The second-order valence-electron chi connectivity index (χ2n) is 5.63. The Morgan fingerprint density at radius 3 is 2.72 bits per heavy atom. The Morgan fingerprint density at radius 1 is 1.24 bits per heavy atom. The molecule has 3 aromatic rings. The minimum atomic E-state index is -0.235. The van der Waals surface area contributed by atoms with Crippen molar-refractivity contribution < 1.29 is 9.53 Å². The molecular formula is C19H17BrN2O2S. The number of hydrogen-bond acceptors (Lipinski definition) is 4. The van der Waals surface area contributed by atoms with Crippen LogP contribution in [0.25, 0.3) is 11.3 Å². The summed E-state index contributed by atoms with van der Waals surface area (Å²) in [6.45, 7) is 3.90. The summed E-state index contributed by atoms with van der Waals surface area (Å²) < 4.78 is 6.51. The van der Waals surface area contributed by atoms with Crippen molar-refractivity contribution in [3.63, 3.8) is 0 Å². The molecule has 0 fully saturated rings. The van der Waals surface area contributed by atoms with Crippen molar-refractivity contribution in [3.8, 4) is 17.0 Å². The Bertz CT molecular complexity index is 870. The van der Waals surface area contributed by atoms with Gasteiger partial charge in [0.2, 0.25) is 0 Å². The van der Waals surface area contributed by atoms with Crippen LogP contribution in [0.15, 0.2) is 52.3 Å². The number of benzene rings is 2. The maximum Gasteiger partial charge on any atom is 0.264 e. The minimum Gasteiger partial charge on any atom is -0.482 e. The number of rotatable bonds is 5. The second-order valence-corrected chi connectivity index (χ2v) is 7.35. The molecule has 1 aromatic heterocycles. The molecule has 25 heavy (non-hydrogen) atoms. The van der Waals surface area contributed by atoms with Crippen LogP contribution in [-0.2, 0) is 4.79 Å². The number of halogens is 1. The highest BCUT2D eigenvalue weighted by Gasteiger charge is 2.11. The summed E-state index contributed by atoms with van der Waals surface area (Å²) in [6.07, 6.45) is 0. The van der Waals surface area contributed by atoms with Crippen molar-refractivity contribution in [2.75, 3.05) is 11.9 Å². The number of nitrogens with one attached hydrogen (secondary N) is 1. The van der Waals surface area contributed by atoms with E-state index in [-0.39, 0.29) is 12.5 Å². The van der Waals surface area contributed by atoms with E-state index in [0.29, 0.717) is 10.9 Å². The van der Waals surface area contributed by atoms with E-state index in [9.17, 15) is 4.79 Å². The predicted octanol–water partition coefficient (Wildman–Crippen LogP) is 5.21. The second kappa shape index (κ2) is 7.80. The summed E-state index contributed by atoms with van der Waals surface area (Å²) >= 11 is 4.87. The molecule has 0 bridgehead atoms. The third-order valence-corrected chi connectivity index (χ3v) is 4.89. The molecule has 0 aliphatic carbocycles. The standard InChI is InChI=1S/C19H17BrN2O2S/c1-12-8-13(2)18(15(20)9-12)24-10-17(23)22-19-21-16(11-25-19)14-6-4-3-5-7-14/h3-9,11H,10H2,1-2H3,(H,21,22,23). The van der Waals surface area contributed by atoms with E-state index < -0.39 is 0 Å². The van der Waals surface area contributed by atoms with Crippen molar-refractivity contribution in [2.45, 2.75) is 13.8 Å². The lowest BCUT2D eigenvalue weighted by molar-refractivity contribution is -0.118. The maximum absolute atomic E-state index is 12.1. The van der Waals surface area contributed by atoms with E-state index in [1.807, 2.05) is 61.7 Å². The summed E-state index contributed by atoms with van der Waals surface area (Å²) in [6, 6.07) is 13.8. The van der Waals surface area contributed by atoms with Gasteiger partial charge in [0.25, 0.3) is 5.91 Å². The van der Waals surface area contributed by atoms with E-state index in [2.05, 4.69) is 26.2 Å². The van der Waals surface area contributed by atoms with Gasteiger partial charge in [0.15, 0.2) is 11.7 Å². The van der Waals surface area contributed by atoms with Crippen LogP contribution < -0.4 is 10.1 Å². The Hall–Kier alpha value is -2.18. The predicted molar refractivity (Wildman–Crippen MR) is 105 cm³/mol. The van der Waals surface area contributed by atoms with Gasteiger partial charge in [-0.05, 0) is 47.0 Å². The van der Waals surface area contributed by atoms with Crippen LogP contribution in [0.5, 0.6) is 5.75 Å². The Balaban J connectivity index is 1.61. The molecule has 0 aliphatic heterocycles. The lowest BCUT2D eigenvalue weighted by atomic mass is 10.1. The number of anilines is 1. The number of aryl methyl sites for hydroxylation is 2. The molecular weight excluding hydrogens is 400 g/mol. The Morgan fingerprint density at radius 2 is 2.00 bits per heavy atom. The zero-order valence-corrected chi connectivity index (χ0v) is 16.3. The van der Waals surface area contributed by atoms with Crippen molar-refractivity contribution in [2.24, 2.45) is 0 Å². The summed E-state index contributed by atoms with van der Waals surface area (Å²) in [5, 5.41) is 5.27. The SMILES string of the molecule is Cc1cc(C)c(OCC(=O)Nc2nc(-c3ccccc3)cs2)c(Br)c1. The molecule has 4 nitrogen and oxygen atoms in total. The van der Waals surface area contributed by atoms with Crippen LogP contribution in [0, 0.1) is 13.8 Å². The van der Waals surface area contributed by atoms with E-state index in [4.69, 9.17) is 4.74 Å². The highest BCUT2D eigenvalue weighted by molar-refractivity contribution is 9.10. The fourth-order valence-corrected chi connectivity index (χ4v) is 3.98. The Labute approximate surface area is 159 Å². The highest BCUT2D eigenvalue weighted by Crippen LogP contribution is 2.30. The normalized spacial score (nSPS) is 10.5. The molecule has 0 saturated carbocycles. The van der Waals surface area contributed by atoms with Gasteiger partial charge < -0.3 is 4.74 Å². The topological polar surface area (TPSA) is 51.2 Å². The molecule has 0 saturated heterocycles. The lowest BCUT2D eigenvalue weighted by Gasteiger charge is -2.11. The van der Waals surface area contributed by atoms with Crippen molar-refractivity contribution >= 4 is 38.3 Å². The smallest absolute Gasteiger partial charge is 0.264 e. The molecule has 0 unspecified atom stereocenters. The van der Waals surface area contributed by atoms with Gasteiger partial charge >= 0.3 is 0 Å². The number of carbonyl (C=O) groups is 1. The van der Waals surface area contributed by atoms with Crippen molar-refractivity contribution in [1.82, 2.24) is 4.98 Å². The van der Waals surface area contributed by atoms with Gasteiger partial charge in [-0.15, -0.1) is 11.3 Å².